The first-order chi connectivity index (χ1) is 14.9. The maximum Gasteiger partial charge on any atom is 0.244 e. The van der Waals surface area contributed by atoms with Crippen LogP contribution in [0.25, 0.3) is 11.0 Å². The van der Waals surface area contributed by atoms with Crippen molar-refractivity contribution in [1.82, 2.24) is 9.55 Å². The van der Waals surface area contributed by atoms with Crippen molar-refractivity contribution in [3.63, 3.8) is 0 Å². The molecule has 1 N–H and O–H groups in total. The van der Waals surface area contributed by atoms with E-state index < -0.39 is 0 Å². The second-order valence-corrected chi connectivity index (χ2v) is 8.11. The molecule has 4 aromatic rings. The number of ketones is 1. The third-order valence-electron chi connectivity index (χ3n) is 5.13. The molecular weight excluding hydrogens is 410 g/mol. The summed E-state index contributed by atoms with van der Waals surface area (Å²) in [6, 6.07) is 21.8. The number of carbonyl (C=O) groups excluding carboxylic acids is 2. The van der Waals surface area contributed by atoms with E-state index in [1.807, 2.05) is 48.5 Å². The number of nitrogens with one attached hydrogen (secondary N) is 1. The smallest absolute Gasteiger partial charge is 0.244 e. The van der Waals surface area contributed by atoms with Gasteiger partial charge in [-0.3, -0.25) is 9.59 Å². The summed E-state index contributed by atoms with van der Waals surface area (Å²) in [7, 11) is 0. The van der Waals surface area contributed by atoms with Crippen molar-refractivity contribution in [3.05, 3.63) is 94.8 Å². The Labute approximate surface area is 185 Å². The van der Waals surface area contributed by atoms with Gasteiger partial charge in [0.25, 0.3) is 0 Å². The van der Waals surface area contributed by atoms with E-state index in [1.54, 1.807) is 28.8 Å². The Morgan fingerprint density at radius 1 is 0.968 bits per heavy atom. The molecule has 31 heavy (non-hydrogen) atoms. The van der Waals surface area contributed by atoms with Crippen molar-refractivity contribution in [1.29, 1.82) is 0 Å². The van der Waals surface area contributed by atoms with Gasteiger partial charge in [-0.1, -0.05) is 49.7 Å². The van der Waals surface area contributed by atoms with Crippen molar-refractivity contribution < 1.29 is 9.59 Å². The summed E-state index contributed by atoms with van der Waals surface area (Å²) >= 11 is 5.95. The largest absolute Gasteiger partial charge is 0.325 e. The molecule has 0 aliphatic carbocycles. The number of carbonyl (C=O) groups is 2. The second-order valence-electron chi connectivity index (χ2n) is 7.67. The Morgan fingerprint density at radius 2 is 1.65 bits per heavy atom. The van der Waals surface area contributed by atoms with Crippen LogP contribution >= 0.6 is 11.6 Å². The van der Waals surface area contributed by atoms with Gasteiger partial charge < -0.3 is 9.88 Å². The second kappa shape index (κ2) is 8.74. The minimum absolute atomic E-state index is 0.0267. The molecule has 0 unspecified atom stereocenters. The molecule has 0 radical (unpaired) electrons. The molecule has 0 atom stereocenters. The Hall–Kier alpha value is -3.44. The van der Waals surface area contributed by atoms with E-state index in [0.29, 0.717) is 27.7 Å². The predicted octanol–water partition coefficient (Wildman–Crippen LogP) is 5.68. The van der Waals surface area contributed by atoms with Crippen LogP contribution in [-0.2, 0) is 11.3 Å². The van der Waals surface area contributed by atoms with Crippen LogP contribution in [0.15, 0.2) is 72.8 Å². The van der Waals surface area contributed by atoms with Gasteiger partial charge in [-0.15, -0.1) is 0 Å². The Kier molecular flexibility index (Phi) is 5.87. The van der Waals surface area contributed by atoms with Crippen LogP contribution in [0.1, 0.15) is 41.5 Å². The van der Waals surface area contributed by atoms with E-state index in [4.69, 9.17) is 11.6 Å². The third-order valence-corrected chi connectivity index (χ3v) is 5.38. The summed E-state index contributed by atoms with van der Waals surface area (Å²) in [5, 5.41) is 3.46. The number of halogens is 1. The predicted molar refractivity (Wildman–Crippen MR) is 124 cm³/mol. The van der Waals surface area contributed by atoms with Crippen LogP contribution in [-0.4, -0.2) is 21.2 Å². The van der Waals surface area contributed by atoms with E-state index in [-0.39, 0.29) is 24.1 Å². The normalized spacial score (nSPS) is 11.1. The number of benzene rings is 3. The molecule has 5 nitrogen and oxygen atoms in total. The molecule has 6 heteroatoms. The topological polar surface area (TPSA) is 64.0 Å². The average Bonchev–Trinajstić information content (AvgIpc) is 3.12. The lowest BCUT2D eigenvalue weighted by Gasteiger charge is -2.11. The van der Waals surface area contributed by atoms with Gasteiger partial charge in [0.2, 0.25) is 11.7 Å². The minimum Gasteiger partial charge on any atom is -0.325 e. The summed E-state index contributed by atoms with van der Waals surface area (Å²) in [4.78, 5) is 30.4. The lowest BCUT2D eigenvalue weighted by Crippen LogP contribution is -2.22. The molecule has 0 fully saturated rings. The van der Waals surface area contributed by atoms with Gasteiger partial charge in [0, 0.05) is 16.3 Å². The SMILES string of the molecule is CC(C)c1ccc(NC(=O)Cn2c(C(=O)c3ccc(Cl)cc3)nc3ccccc32)cc1. The quantitative estimate of drug-likeness (QED) is 0.399. The molecule has 1 amide bonds. The molecule has 4 rings (SSSR count). The number of para-hydroxylation sites is 2. The Morgan fingerprint density at radius 3 is 2.32 bits per heavy atom. The number of hydrogen-bond donors (Lipinski definition) is 1. The van der Waals surface area contributed by atoms with Crippen LogP contribution in [0.5, 0.6) is 0 Å². The number of rotatable bonds is 6. The number of imidazole rings is 1. The van der Waals surface area contributed by atoms with Gasteiger partial charge in [0.15, 0.2) is 5.82 Å². The van der Waals surface area contributed by atoms with Crippen molar-refractivity contribution in [3.8, 4) is 0 Å². The van der Waals surface area contributed by atoms with Crippen LogP contribution in [0.4, 0.5) is 5.69 Å². The lowest BCUT2D eigenvalue weighted by molar-refractivity contribution is -0.116. The summed E-state index contributed by atoms with van der Waals surface area (Å²) in [5.74, 6) is 0.143. The number of fused-ring (bicyclic) bond motifs is 1. The van der Waals surface area contributed by atoms with E-state index in [1.165, 1.54) is 5.56 Å². The summed E-state index contributed by atoms with van der Waals surface area (Å²) in [5.41, 5.74) is 3.77. The van der Waals surface area contributed by atoms with Gasteiger partial charge in [-0.2, -0.15) is 0 Å². The van der Waals surface area contributed by atoms with Gasteiger partial charge in [-0.25, -0.2) is 4.98 Å². The minimum atomic E-state index is -0.262. The van der Waals surface area contributed by atoms with Crippen LogP contribution < -0.4 is 5.32 Å². The number of anilines is 1. The molecule has 1 heterocycles. The molecule has 0 aliphatic rings. The molecule has 1 aromatic heterocycles. The van der Waals surface area contributed by atoms with E-state index in [9.17, 15) is 9.59 Å². The fourth-order valence-electron chi connectivity index (χ4n) is 3.43. The van der Waals surface area contributed by atoms with Gasteiger partial charge >= 0.3 is 0 Å². The van der Waals surface area contributed by atoms with Crippen molar-refractivity contribution in [2.45, 2.75) is 26.3 Å². The molecule has 0 spiro atoms. The molecule has 3 aromatic carbocycles. The highest BCUT2D eigenvalue weighted by molar-refractivity contribution is 6.30. The number of amides is 1. The maximum atomic E-state index is 13.1. The zero-order valence-corrected chi connectivity index (χ0v) is 18.1. The fourth-order valence-corrected chi connectivity index (χ4v) is 3.56. The Bertz CT molecular complexity index is 1240. The van der Waals surface area contributed by atoms with Gasteiger partial charge in [-0.05, 0) is 60.0 Å². The first-order valence-corrected chi connectivity index (χ1v) is 10.5. The summed E-state index contributed by atoms with van der Waals surface area (Å²) < 4.78 is 1.66. The average molecular weight is 432 g/mol. The standard InChI is InChI=1S/C25H22ClN3O2/c1-16(2)17-9-13-20(14-10-17)27-23(30)15-29-22-6-4-3-5-21(22)28-25(29)24(31)18-7-11-19(26)12-8-18/h3-14,16H,15H2,1-2H3,(H,27,30). The highest BCUT2D eigenvalue weighted by Gasteiger charge is 2.21. The molecule has 0 saturated carbocycles. The summed E-state index contributed by atoms with van der Waals surface area (Å²) in [6.07, 6.45) is 0. The van der Waals surface area contributed by atoms with Crippen molar-refractivity contribution >= 4 is 40.0 Å². The molecular formula is C25H22ClN3O2. The zero-order valence-electron chi connectivity index (χ0n) is 17.3. The molecule has 0 saturated heterocycles. The first-order valence-electron chi connectivity index (χ1n) is 10.1. The van der Waals surface area contributed by atoms with Crippen LogP contribution in [0.3, 0.4) is 0 Å². The van der Waals surface area contributed by atoms with Gasteiger partial charge in [0.05, 0.1) is 11.0 Å². The number of aromatic nitrogens is 2. The fraction of sp³-hybridized carbons (Fsp3) is 0.160. The zero-order chi connectivity index (χ0) is 22.0. The highest BCUT2D eigenvalue weighted by atomic mass is 35.5. The molecule has 156 valence electrons. The monoisotopic (exact) mass is 431 g/mol. The maximum absolute atomic E-state index is 13.1. The first kappa shape index (κ1) is 20.8. The van der Waals surface area contributed by atoms with E-state index in [2.05, 4.69) is 24.1 Å². The molecule has 0 aliphatic heterocycles. The van der Waals surface area contributed by atoms with Crippen LogP contribution in [0.2, 0.25) is 5.02 Å². The number of nitrogens with zero attached hydrogens (tertiary/aromatic N) is 2. The van der Waals surface area contributed by atoms with E-state index >= 15 is 0 Å². The van der Waals surface area contributed by atoms with E-state index in [0.717, 1.165) is 5.52 Å². The third kappa shape index (κ3) is 4.52. The lowest BCUT2D eigenvalue weighted by atomic mass is 10.0. The molecule has 0 bridgehead atoms. The Balaban J connectivity index is 1.63. The highest BCUT2D eigenvalue weighted by Crippen LogP contribution is 2.21. The van der Waals surface area contributed by atoms with Crippen molar-refractivity contribution in [2.75, 3.05) is 5.32 Å². The van der Waals surface area contributed by atoms with Gasteiger partial charge in [0.1, 0.15) is 6.54 Å². The van der Waals surface area contributed by atoms with Crippen LogP contribution in [0, 0.1) is 0 Å². The summed E-state index contributed by atoms with van der Waals surface area (Å²) in [6.45, 7) is 4.22. The number of hydrogen-bond acceptors (Lipinski definition) is 3. The van der Waals surface area contributed by atoms with Crippen molar-refractivity contribution in [2.24, 2.45) is 0 Å².